The number of furan rings is 1. The van der Waals surface area contributed by atoms with Gasteiger partial charge in [0.05, 0.1) is 27.0 Å². The van der Waals surface area contributed by atoms with Crippen molar-refractivity contribution in [2.75, 3.05) is 9.80 Å². The first-order chi connectivity index (χ1) is 27.3. The van der Waals surface area contributed by atoms with Crippen LogP contribution in [0.2, 0.25) is 0 Å². The van der Waals surface area contributed by atoms with E-state index in [1.54, 1.807) is 5.57 Å². The summed E-state index contributed by atoms with van der Waals surface area (Å²) in [6.45, 7) is 10.1. The second-order valence-electron chi connectivity index (χ2n) is 17.4. The maximum Gasteiger partial charge on any atom is 0.231 e. The third-order valence-electron chi connectivity index (χ3n) is 14.5. The molecule has 6 atom stereocenters. The second kappa shape index (κ2) is 11.5. The average molecular weight is 749 g/mol. The molecule has 1 saturated carbocycles. The van der Waals surface area contributed by atoms with Gasteiger partial charge in [-0.25, -0.2) is 9.97 Å². The maximum atomic E-state index is 6.88. The molecule has 5 nitrogen and oxygen atoms in total. The minimum Gasteiger partial charge on any atom is -0.456 e. The van der Waals surface area contributed by atoms with Crippen LogP contribution in [0.4, 0.5) is 17.3 Å². The maximum absolute atomic E-state index is 6.88. The number of benzene rings is 5. The predicted molar refractivity (Wildman–Crippen MR) is 232 cm³/mol. The third-order valence-corrected chi connectivity index (χ3v) is 15.7. The second-order valence-corrected chi connectivity index (χ2v) is 18.4. The molecular formula is C50H44N4OS. The molecule has 56 heavy (non-hydrogen) atoms. The number of allylic oxidation sites excluding steroid dienone is 1. The van der Waals surface area contributed by atoms with Gasteiger partial charge in [-0.15, -0.1) is 11.3 Å². The van der Waals surface area contributed by atoms with E-state index in [4.69, 9.17) is 14.4 Å². The quantitative estimate of drug-likeness (QED) is 0.180. The smallest absolute Gasteiger partial charge is 0.231 e. The van der Waals surface area contributed by atoms with Crippen molar-refractivity contribution in [2.45, 2.75) is 70.4 Å². The summed E-state index contributed by atoms with van der Waals surface area (Å²) < 4.78 is 9.30. The van der Waals surface area contributed by atoms with Crippen LogP contribution in [-0.2, 0) is 0 Å². The summed E-state index contributed by atoms with van der Waals surface area (Å²) in [5.41, 5.74) is 11.6. The van der Waals surface area contributed by atoms with Crippen LogP contribution in [0.5, 0.6) is 0 Å². The Morgan fingerprint density at radius 2 is 1.45 bits per heavy atom. The molecule has 5 aromatic carbocycles. The number of hydrogen-bond donors (Lipinski definition) is 0. The minimum absolute atomic E-state index is 0.187. The summed E-state index contributed by atoms with van der Waals surface area (Å²) in [4.78, 5) is 16.7. The van der Waals surface area contributed by atoms with Gasteiger partial charge in [0.2, 0.25) is 5.95 Å². The highest BCUT2D eigenvalue weighted by atomic mass is 32.1. The Balaban J connectivity index is 1.14. The van der Waals surface area contributed by atoms with E-state index in [2.05, 4.69) is 159 Å². The number of rotatable bonds is 3. The lowest BCUT2D eigenvalue weighted by Crippen LogP contribution is -2.54. The van der Waals surface area contributed by atoms with Gasteiger partial charge in [-0.2, -0.15) is 0 Å². The number of fused-ring (bicyclic) bond motifs is 13. The van der Waals surface area contributed by atoms with Crippen molar-refractivity contribution in [1.29, 1.82) is 0 Å². The Morgan fingerprint density at radius 3 is 2.27 bits per heavy atom. The van der Waals surface area contributed by atoms with Gasteiger partial charge in [0.25, 0.3) is 0 Å². The first kappa shape index (κ1) is 32.8. The molecule has 2 aliphatic carbocycles. The number of thiophene rings is 1. The molecule has 0 saturated heterocycles. The molecule has 0 bridgehead atoms. The zero-order chi connectivity index (χ0) is 37.5. The van der Waals surface area contributed by atoms with Crippen LogP contribution in [0.1, 0.15) is 64.9 Å². The van der Waals surface area contributed by atoms with Crippen LogP contribution in [-0.4, -0.2) is 21.0 Å². The van der Waals surface area contributed by atoms with E-state index in [1.165, 1.54) is 43.5 Å². The molecule has 276 valence electrons. The molecule has 0 N–H and O–H groups in total. The summed E-state index contributed by atoms with van der Waals surface area (Å²) in [5, 5.41) is 3.62. The lowest BCUT2D eigenvalue weighted by Gasteiger charge is -2.51. The molecule has 0 amide bonds. The van der Waals surface area contributed by atoms with Gasteiger partial charge in [0, 0.05) is 60.9 Å². The fraction of sp³-hybridized carbons (Fsp3) is 0.280. The monoisotopic (exact) mass is 748 g/mol. The van der Waals surface area contributed by atoms with Gasteiger partial charge in [0.15, 0.2) is 0 Å². The Morgan fingerprint density at radius 1 is 0.714 bits per heavy atom. The first-order valence-electron chi connectivity index (χ1n) is 20.4. The largest absolute Gasteiger partial charge is 0.456 e. The summed E-state index contributed by atoms with van der Waals surface area (Å²) in [7, 11) is 0. The van der Waals surface area contributed by atoms with E-state index in [0.717, 1.165) is 64.3 Å². The number of nitrogens with zero attached hydrogens (tertiary/aromatic N) is 4. The average Bonchev–Trinajstić information content (AvgIpc) is 3.93. The van der Waals surface area contributed by atoms with Gasteiger partial charge in [-0.1, -0.05) is 98.8 Å². The van der Waals surface area contributed by atoms with E-state index in [9.17, 15) is 0 Å². The summed E-state index contributed by atoms with van der Waals surface area (Å²) in [6.07, 6.45) is 4.21. The van der Waals surface area contributed by atoms with Crippen LogP contribution in [0.25, 0.3) is 53.5 Å². The molecule has 8 aromatic rings. The number of para-hydroxylation sites is 2. The number of anilines is 3. The van der Waals surface area contributed by atoms with Crippen LogP contribution >= 0.6 is 11.3 Å². The highest BCUT2D eigenvalue weighted by Gasteiger charge is 2.65. The van der Waals surface area contributed by atoms with Gasteiger partial charge in [-0.05, 0) is 93.3 Å². The minimum atomic E-state index is -0.326. The van der Waals surface area contributed by atoms with Crippen LogP contribution in [0.3, 0.4) is 0 Å². The highest BCUT2D eigenvalue weighted by molar-refractivity contribution is 7.26. The molecule has 3 aromatic heterocycles. The van der Waals surface area contributed by atoms with Crippen molar-refractivity contribution >= 4 is 70.9 Å². The lowest BCUT2D eigenvalue weighted by molar-refractivity contribution is 0.137. The fourth-order valence-corrected chi connectivity index (χ4v) is 13.0. The van der Waals surface area contributed by atoms with E-state index >= 15 is 0 Å². The highest BCUT2D eigenvalue weighted by Crippen LogP contribution is 2.68. The van der Waals surface area contributed by atoms with Gasteiger partial charge >= 0.3 is 0 Å². The standard InChI is InChI=1S/C50H44N4OS/c1-29-27-37-43-39(26-24-36-42-38(53(50(36,43)4)32-17-9-6-10-18-32)25-23-34-33-19-11-13-21-40(33)55-46(34)42)54(49(37,3)28-30(29)2)48-51-44(31-15-7-5-8-16-31)47-45(52-48)35-20-12-14-22-41(35)56-47/h5-23,25,29-30,36-37H,24,26-28H2,1-4H3. The van der Waals surface area contributed by atoms with Gasteiger partial charge < -0.3 is 14.2 Å². The van der Waals surface area contributed by atoms with Gasteiger partial charge in [0.1, 0.15) is 11.2 Å². The van der Waals surface area contributed by atoms with Crippen LogP contribution < -0.4 is 9.80 Å². The molecule has 2 aliphatic heterocycles. The molecule has 5 heterocycles. The zero-order valence-electron chi connectivity index (χ0n) is 32.3. The molecule has 6 heteroatoms. The summed E-state index contributed by atoms with van der Waals surface area (Å²) >= 11 is 1.81. The van der Waals surface area contributed by atoms with Crippen molar-refractivity contribution in [1.82, 2.24) is 9.97 Å². The number of aromatic nitrogens is 2. The topological polar surface area (TPSA) is 45.4 Å². The lowest BCUT2D eigenvalue weighted by atomic mass is 9.59. The van der Waals surface area contributed by atoms with Crippen molar-refractivity contribution < 1.29 is 4.42 Å². The molecule has 12 rings (SSSR count). The Labute approximate surface area is 331 Å². The molecule has 6 unspecified atom stereocenters. The SMILES string of the molecule is CC1CC2C3=C(CCC4c5c(ccc6c5oc5ccccc56)N(c5ccccc5)C34C)N(c3nc(-c4ccccc4)c4sc5ccccc5c4n3)C2(C)CC1C. The van der Waals surface area contributed by atoms with E-state index < -0.39 is 0 Å². The van der Waals surface area contributed by atoms with Gasteiger partial charge in [-0.3, -0.25) is 0 Å². The number of hydrogen-bond acceptors (Lipinski definition) is 6. The molecule has 0 spiro atoms. The fourth-order valence-electron chi connectivity index (χ4n) is 11.9. The zero-order valence-corrected chi connectivity index (χ0v) is 33.1. The predicted octanol–water partition coefficient (Wildman–Crippen LogP) is 13.4. The van der Waals surface area contributed by atoms with Crippen molar-refractivity contribution in [3.8, 4) is 11.3 Å². The molecule has 0 radical (unpaired) electrons. The van der Waals surface area contributed by atoms with Crippen LogP contribution in [0.15, 0.2) is 137 Å². The Kier molecular flexibility index (Phi) is 6.75. The summed E-state index contributed by atoms with van der Waals surface area (Å²) in [5.74, 6) is 2.61. The van der Waals surface area contributed by atoms with Crippen molar-refractivity contribution in [2.24, 2.45) is 17.8 Å². The normalized spacial score (nSPS) is 27.0. The molecular weight excluding hydrogens is 705 g/mol. The van der Waals surface area contributed by atoms with E-state index in [-0.39, 0.29) is 17.0 Å². The van der Waals surface area contributed by atoms with Crippen molar-refractivity contribution in [3.63, 3.8) is 0 Å². The Hall–Kier alpha value is -5.46. The van der Waals surface area contributed by atoms with Crippen molar-refractivity contribution in [3.05, 3.63) is 138 Å². The van der Waals surface area contributed by atoms with E-state index in [1.807, 2.05) is 11.3 Å². The van der Waals surface area contributed by atoms with E-state index in [0.29, 0.717) is 17.8 Å². The third kappa shape index (κ3) is 4.20. The Bertz CT molecular complexity index is 2930. The first-order valence-corrected chi connectivity index (χ1v) is 21.2. The summed E-state index contributed by atoms with van der Waals surface area (Å²) in [6, 6.07) is 43.9. The van der Waals surface area contributed by atoms with Crippen LogP contribution in [0, 0.1) is 17.8 Å². The molecule has 1 fully saturated rings. The molecule has 4 aliphatic rings.